The fourth-order valence-electron chi connectivity index (χ4n) is 7.62. The van der Waals surface area contributed by atoms with Crippen LogP contribution in [0.15, 0.2) is 24.3 Å². The van der Waals surface area contributed by atoms with Gasteiger partial charge < -0.3 is 19.7 Å². The zero-order valence-electron chi connectivity index (χ0n) is 26.3. The van der Waals surface area contributed by atoms with Crippen LogP contribution in [-0.2, 0) is 18.5 Å². The van der Waals surface area contributed by atoms with Gasteiger partial charge in [-0.15, -0.1) is 0 Å². The van der Waals surface area contributed by atoms with Crippen LogP contribution in [0.2, 0.25) is 0 Å². The van der Waals surface area contributed by atoms with Gasteiger partial charge in [0.25, 0.3) is 0 Å². The lowest BCUT2D eigenvalue weighted by molar-refractivity contribution is 0.0874. The van der Waals surface area contributed by atoms with Gasteiger partial charge in [-0.1, -0.05) is 69.9 Å². The number of nitrogens with zero attached hydrogens (tertiary/aromatic N) is 2. The molecule has 0 aromatic heterocycles. The number of fused-ring (bicyclic) bond motifs is 2. The van der Waals surface area contributed by atoms with E-state index in [1.54, 1.807) is 0 Å². The maximum absolute atomic E-state index is 9.42. The van der Waals surface area contributed by atoms with Crippen LogP contribution in [0.25, 0.3) is 0 Å². The fraction of sp³-hybridized carbons (Fsp3) is 0.667. The minimum atomic E-state index is -0.0560. The summed E-state index contributed by atoms with van der Waals surface area (Å²) in [6.45, 7) is 9.49. The molecule has 2 heterocycles. The van der Waals surface area contributed by atoms with E-state index in [0.717, 1.165) is 63.4 Å². The minimum Gasteiger partial charge on any atom is -0.478 e. The zero-order chi connectivity index (χ0) is 29.4. The first-order chi connectivity index (χ1) is 20.5. The van der Waals surface area contributed by atoms with E-state index in [1.165, 1.54) is 91.2 Å². The average Bonchev–Trinajstić information content (AvgIpc) is 2.99. The Hall–Kier alpha value is -2.12. The summed E-state index contributed by atoms with van der Waals surface area (Å²) in [4.78, 5) is 4.63. The van der Waals surface area contributed by atoms with Crippen molar-refractivity contribution in [3.8, 4) is 11.5 Å². The molecule has 5 rings (SSSR count). The summed E-state index contributed by atoms with van der Waals surface area (Å²) >= 11 is 0. The summed E-state index contributed by atoms with van der Waals surface area (Å²) in [5.74, 6) is 2.11. The highest BCUT2D eigenvalue weighted by molar-refractivity contribution is 5.54. The predicted molar refractivity (Wildman–Crippen MR) is 169 cm³/mol. The second kappa shape index (κ2) is 15.1. The van der Waals surface area contributed by atoms with E-state index in [2.05, 4.69) is 47.9 Å². The Morgan fingerprint density at radius 3 is 1.43 bits per heavy atom. The van der Waals surface area contributed by atoms with Gasteiger partial charge in [-0.05, 0) is 73.9 Å². The molecular weight excluding hydrogens is 524 g/mol. The molecule has 0 radical (unpaired) electrons. The summed E-state index contributed by atoms with van der Waals surface area (Å²) in [5.41, 5.74) is 7.87. The molecule has 0 unspecified atom stereocenters. The highest BCUT2D eigenvalue weighted by Gasteiger charge is 2.37. The Balaban J connectivity index is 1.57. The van der Waals surface area contributed by atoms with Crippen molar-refractivity contribution >= 4 is 0 Å². The van der Waals surface area contributed by atoms with E-state index in [9.17, 15) is 10.2 Å². The minimum absolute atomic E-state index is 0.0560. The number of aliphatic hydroxyl groups excluding tert-OH is 2. The fourth-order valence-corrected chi connectivity index (χ4v) is 7.62. The van der Waals surface area contributed by atoms with Crippen molar-refractivity contribution in [1.82, 2.24) is 9.80 Å². The highest BCUT2D eigenvalue weighted by Crippen LogP contribution is 2.47. The third-order valence-electron chi connectivity index (χ3n) is 9.85. The molecule has 2 aromatic rings. The van der Waals surface area contributed by atoms with Crippen LogP contribution >= 0.6 is 0 Å². The summed E-state index contributed by atoms with van der Waals surface area (Å²) in [6, 6.07) is 9.82. The maximum atomic E-state index is 9.42. The molecule has 232 valence electrons. The van der Waals surface area contributed by atoms with Gasteiger partial charge in [0, 0.05) is 55.9 Å². The smallest absolute Gasteiger partial charge is 0.142 e. The molecule has 6 nitrogen and oxygen atoms in total. The van der Waals surface area contributed by atoms with Gasteiger partial charge >= 0.3 is 0 Å². The second-order valence-corrected chi connectivity index (χ2v) is 13.1. The molecule has 0 bridgehead atoms. The van der Waals surface area contributed by atoms with Gasteiger partial charge in [0.05, 0.1) is 0 Å². The summed E-state index contributed by atoms with van der Waals surface area (Å²) in [5, 5.41) is 18.8. The van der Waals surface area contributed by atoms with Crippen LogP contribution < -0.4 is 9.47 Å². The van der Waals surface area contributed by atoms with Crippen LogP contribution in [0.4, 0.5) is 0 Å². The van der Waals surface area contributed by atoms with Crippen molar-refractivity contribution < 1.29 is 19.7 Å². The van der Waals surface area contributed by atoms with E-state index in [1.807, 2.05) is 0 Å². The largest absolute Gasteiger partial charge is 0.478 e. The Morgan fingerprint density at radius 1 is 0.619 bits per heavy atom. The van der Waals surface area contributed by atoms with Gasteiger partial charge in [0.2, 0.25) is 0 Å². The highest BCUT2D eigenvalue weighted by atomic mass is 16.5. The van der Waals surface area contributed by atoms with Crippen molar-refractivity contribution in [1.29, 1.82) is 0 Å². The molecule has 1 aliphatic carbocycles. The molecule has 1 saturated carbocycles. The molecule has 2 aromatic carbocycles. The van der Waals surface area contributed by atoms with Crippen LogP contribution in [0.1, 0.15) is 117 Å². The number of aryl methyl sites for hydroxylation is 2. The SMILES string of the molecule is Cc1cc(C2(c3cc(C)c4c(c3)CN(CCCO)CO4)CCCCCCCCCCC2)cc2c1OCN(CCCO)C2. The van der Waals surface area contributed by atoms with E-state index >= 15 is 0 Å². The van der Waals surface area contributed by atoms with Crippen molar-refractivity contribution in [3.63, 3.8) is 0 Å². The summed E-state index contributed by atoms with van der Waals surface area (Å²) < 4.78 is 12.6. The molecule has 2 aliphatic heterocycles. The lowest BCUT2D eigenvalue weighted by Crippen LogP contribution is -2.35. The lowest BCUT2D eigenvalue weighted by atomic mass is 9.66. The first-order valence-corrected chi connectivity index (χ1v) is 16.7. The van der Waals surface area contributed by atoms with Gasteiger partial charge in [-0.2, -0.15) is 0 Å². The molecule has 42 heavy (non-hydrogen) atoms. The molecule has 1 fully saturated rings. The number of aliphatic hydroxyl groups is 2. The number of ether oxygens (including phenoxy) is 2. The quantitative estimate of drug-likeness (QED) is 0.353. The van der Waals surface area contributed by atoms with Crippen molar-refractivity contribution in [3.05, 3.63) is 57.6 Å². The number of hydrogen-bond acceptors (Lipinski definition) is 6. The molecule has 2 N–H and O–H groups in total. The van der Waals surface area contributed by atoms with E-state index in [4.69, 9.17) is 9.47 Å². The lowest BCUT2D eigenvalue weighted by Gasteiger charge is -2.39. The van der Waals surface area contributed by atoms with E-state index < -0.39 is 0 Å². The van der Waals surface area contributed by atoms with E-state index in [0.29, 0.717) is 13.5 Å². The van der Waals surface area contributed by atoms with Crippen LogP contribution in [-0.4, -0.2) is 59.8 Å². The number of benzene rings is 2. The molecule has 0 amide bonds. The molecule has 6 heteroatoms. The molecule has 0 saturated heterocycles. The van der Waals surface area contributed by atoms with Gasteiger partial charge in [-0.3, -0.25) is 9.80 Å². The summed E-state index contributed by atoms with van der Waals surface area (Å²) in [7, 11) is 0. The Labute approximate surface area is 254 Å². The van der Waals surface area contributed by atoms with Crippen LogP contribution in [0.5, 0.6) is 11.5 Å². The standard InChI is InChI=1S/C36H54N2O4/c1-28-20-32(22-30-24-37(16-12-18-39)26-41-34(28)30)36(14-10-8-6-4-3-5-7-9-11-15-36)33-21-29(2)35-31(23-33)25-38(27-42-35)17-13-19-40/h20-23,39-40H,3-19,24-27H2,1-2H3. The second-order valence-electron chi connectivity index (χ2n) is 13.1. The van der Waals surface area contributed by atoms with Crippen LogP contribution in [0.3, 0.4) is 0 Å². The Kier molecular flexibility index (Phi) is 11.2. The third-order valence-corrected chi connectivity index (χ3v) is 9.85. The average molecular weight is 579 g/mol. The Morgan fingerprint density at radius 2 is 1.02 bits per heavy atom. The van der Waals surface area contributed by atoms with Gasteiger partial charge in [0.15, 0.2) is 0 Å². The monoisotopic (exact) mass is 578 g/mol. The van der Waals surface area contributed by atoms with Gasteiger partial charge in [-0.25, -0.2) is 0 Å². The predicted octanol–water partition coefficient (Wildman–Crippen LogP) is 6.96. The molecule has 0 atom stereocenters. The molecule has 3 aliphatic rings. The number of rotatable bonds is 8. The number of hydrogen-bond donors (Lipinski definition) is 2. The zero-order valence-corrected chi connectivity index (χ0v) is 26.3. The normalized spacial score (nSPS) is 20.4. The Bertz CT molecular complexity index is 1080. The van der Waals surface area contributed by atoms with Gasteiger partial charge in [0.1, 0.15) is 25.0 Å². The molecular formula is C36H54N2O4. The molecule has 0 spiro atoms. The summed E-state index contributed by atoms with van der Waals surface area (Å²) in [6.07, 6.45) is 15.7. The first-order valence-electron chi connectivity index (χ1n) is 16.7. The first kappa shape index (κ1) is 31.3. The third kappa shape index (κ3) is 7.32. The van der Waals surface area contributed by atoms with Crippen LogP contribution in [0, 0.1) is 13.8 Å². The van der Waals surface area contributed by atoms with E-state index in [-0.39, 0.29) is 18.6 Å². The maximum Gasteiger partial charge on any atom is 0.142 e. The van der Waals surface area contributed by atoms with Crippen molar-refractivity contribution in [2.45, 2.75) is 116 Å². The topological polar surface area (TPSA) is 65.4 Å². The van der Waals surface area contributed by atoms with Crippen molar-refractivity contribution in [2.24, 2.45) is 0 Å². The van der Waals surface area contributed by atoms with Crippen molar-refractivity contribution in [2.75, 3.05) is 39.8 Å².